The number of aryl methyl sites for hydroxylation is 1. The molecule has 0 spiro atoms. The maximum absolute atomic E-state index is 12.7. The molecule has 0 aliphatic carbocycles. The van der Waals surface area contributed by atoms with E-state index in [4.69, 9.17) is 4.42 Å². The van der Waals surface area contributed by atoms with Gasteiger partial charge in [-0.05, 0) is 62.7 Å². The molecule has 1 aliphatic heterocycles. The second-order valence-corrected chi connectivity index (χ2v) is 9.01. The van der Waals surface area contributed by atoms with Crippen LogP contribution in [0.5, 0.6) is 0 Å². The van der Waals surface area contributed by atoms with Crippen LogP contribution in [0.3, 0.4) is 0 Å². The van der Waals surface area contributed by atoms with Crippen LogP contribution in [0, 0.1) is 6.92 Å². The highest BCUT2D eigenvalue weighted by molar-refractivity contribution is 7.99. The Labute approximate surface area is 199 Å². The Kier molecular flexibility index (Phi) is 7.54. The third-order valence-electron chi connectivity index (χ3n) is 5.97. The SMILES string of the molecule is CCN(CC)c1ccc(-c2nnc(SCC(=O)N3CCN(c4cccc(C)c4)CC3)o2)cc1. The van der Waals surface area contributed by atoms with Gasteiger partial charge in [0.2, 0.25) is 11.8 Å². The lowest BCUT2D eigenvalue weighted by Gasteiger charge is -2.36. The van der Waals surface area contributed by atoms with Crippen LogP contribution in [0.25, 0.3) is 11.5 Å². The first-order chi connectivity index (χ1) is 16.1. The van der Waals surface area contributed by atoms with Gasteiger partial charge in [-0.3, -0.25) is 4.79 Å². The van der Waals surface area contributed by atoms with Crippen molar-refractivity contribution in [1.29, 1.82) is 0 Å². The van der Waals surface area contributed by atoms with Gasteiger partial charge < -0.3 is 19.1 Å². The molecule has 1 saturated heterocycles. The highest BCUT2D eigenvalue weighted by Gasteiger charge is 2.22. The Hall–Kier alpha value is -3.00. The zero-order chi connectivity index (χ0) is 23.2. The Balaban J connectivity index is 1.27. The Morgan fingerprint density at radius 1 is 1.03 bits per heavy atom. The van der Waals surface area contributed by atoms with Crippen molar-refractivity contribution >= 4 is 29.0 Å². The number of carbonyl (C=O) groups excluding carboxylic acids is 1. The van der Waals surface area contributed by atoms with Gasteiger partial charge in [0.05, 0.1) is 5.75 Å². The fourth-order valence-electron chi connectivity index (χ4n) is 4.04. The first kappa shape index (κ1) is 23.2. The zero-order valence-corrected chi connectivity index (χ0v) is 20.3. The summed E-state index contributed by atoms with van der Waals surface area (Å²) >= 11 is 1.30. The molecular formula is C25H31N5O2S. The van der Waals surface area contributed by atoms with E-state index in [9.17, 15) is 4.79 Å². The maximum Gasteiger partial charge on any atom is 0.277 e. The molecule has 7 nitrogen and oxygen atoms in total. The summed E-state index contributed by atoms with van der Waals surface area (Å²) in [6.45, 7) is 11.4. The molecular weight excluding hydrogens is 434 g/mol. The van der Waals surface area contributed by atoms with Crippen molar-refractivity contribution in [3.63, 3.8) is 0 Å². The van der Waals surface area contributed by atoms with Gasteiger partial charge in [-0.2, -0.15) is 0 Å². The van der Waals surface area contributed by atoms with Crippen molar-refractivity contribution in [2.45, 2.75) is 26.0 Å². The van der Waals surface area contributed by atoms with Crippen LogP contribution in [0.2, 0.25) is 0 Å². The number of anilines is 2. The first-order valence-electron chi connectivity index (χ1n) is 11.5. The number of hydrogen-bond acceptors (Lipinski definition) is 7. The number of nitrogens with zero attached hydrogens (tertiary/aromatic N) is 5. The van der Waals surface area contributed by atoms with E-state index in [1.807, 2.05) is 17.0 Å². The molecule has 0 N–H and O–H groups in total. The van der Waals surface area contributed by atoms with E-state index in [1.54, 1.807) is 0 Å². The molecule has 0 radical (unpaired) electrons. The summed E-state index contributed by atoms with van der Waals surface area (Å²) in [7, 11) is 0. The van der Waals surface area contributed by atoms with Gasteiger partial charge in [-0.1, -0.05) is 23.9 Å². The molecule has 0 bridgehead atoms. The van der Waals surface area contributed by atoms with Crippen molar-refractivity contribution < 1.29 is 9.21 Å². The minimum Gasteiger partial charge on any atom is -0.411 e. The smallest absolute Gasteiger partial charge is 0.277 e. The molecule has 0 atom stereocenters. The average molecular weight is 466 g/mol. The van der Waals surface area contributed by atoms with Crippen LogP contribution in [-0.2, 0) is 4.79 Å². The van der Waals surface area contributed by atoms with Crippen molar-refractivity contribution in [3.8, 4) is 11.5 Å². The van der Waals surface area contributed by atoms with Gasteiger partial charge in [-0.15, -0.1) is 10.2 Å². The molecule has 2 aromatic carbocycles. The summed E-state index contributed by atoms with van der Waals surface area (Å²) < 4.78 is 5.79. The molecule has 8 heteroatoms. The van der Waals surface area contributed by atoms with Gasteiger partial charge in [0.15, 0.2) is 0 Å². The summed E-state index contributed by atoms with van der Waals surface area (Å²) in [5, 5.41) is 8.70. The maximum atomic E-state index is 12.7. The Bertz CT molecular complexity index is 1060. The second kappa shape index (κ2) is 10.7. The summed E-state index contributed by atoms with van der Waals surface area (Å²) in [6.07, 6.45) is 0. The fraction of sp³-hybridized carbons (Fsp3) is 0.400. The van der Waals surface area contributed by atoms with Gasteiger partial charge in [0.25, 0.3) is 5.22 Å². The zero-order valence-electron chi connectivity index (χ0n) is 19.5. The number of thioether (sulfide) groups is 1. The summed E-state index contributed by atoms with van der Waals surface area (Å²) in [4.78, 5) is 19.2. The molecule has 4 rings (SSSR count). The lowest BCUT2D eigenvalue weighted by molar-refractivity contribution is -0.128. The molecule has 1 aromatic heterocycles. The largest absolute Gasteiger partial charge is 0.411 e. The van der Waals surface area contributed by atoms with Gasteiger partial charge in [0.1, 0.15) is 0 Å². The van der Waals surface area contributed by atoms with E-state index in [2.05, 4.69) is 77.2 Å². The van der Waals surface area contributed by atoms with Crippen molar-refractivity contribution in [3.05, 3.63) is 54.1 Å². The van der Waals surface area contributed by atoms with Crippen LogP contribution in [0.15, 0.2) is 58.2 Å². The van der Waals surface area contributed by atoms with E-state index in [0.29, 0.717) is 16.9 Å². The third kappa shape index (κ3) is 5.68. The van der Waals surface area contributed by atoms with Crippen LogP contribution >= 0.6 is 11.8 Å². The number of amides is 1. The molecule has 1 amide bonds. The number of hydrogen-bond donors (Lipinski definition) is 0. The number of aromatic nitrogens is 2. The highest BCUT2D eigenvalue weighted by atomic mass is 32.2. The molecule has 2 heterocycles. The fourth-order valence-corrected chi connectivity index (χ4v) is 4.71. The molecule has 174 valence electrons. The van der Waals surface area contributed by atoms with E-state index in [0.717, 1.165) is 44.8 Å². The second-order valence-electron chi connectivity index (χ2n) is 8.09. The molecule has 1 fully saturated rings. The van der Waals surface area contributed by atoms with E-state index in [-0.39, 0.29) is 5.91 Å². The topological polar surface area (TPSA) is 65.7 Å². The van der Waals surface area contributed by atoms with Gasteiger partial charge in [0, 0.05) is 56.2 Å². The van der Waals surface area contributed by atoms with E-state index >= 15 is 0 Å². The van der Waals surface area contributed by atoms with E-state index < -0.39 is 0 Å². The quantitative estimate of drug-likeness (QED) is 0.459. The minimum atomic E-state index is 0.104. The number of benzene rings is 2. The van der Waals surface area contributed by atoms with Gasteiger partial charge in [-0.25, -0.2) is 0 Å². The molecule has 33 heavy (non-hydrogen) atoms. The predicted octanol–water partition coefficient (Wildman–Crippen LogP) is 4.33. The number of carbonyl (C=O) groups is 1. The average Bonchev–Trinajstić information content (AvgIpc) is 3.33. The van der Waals surface area contributed by atoms with Crippen molar-refractivity contribution in [2.75, 3.05) is 54.8 Å². The van der Waals surface area contributed by atoms with Gasteiger partial charge >= 0.3 is 0 Å². The highest BCUT2D eigenvalue weighted by Crippen LogP contribution is 2.26. The summed E-state index contributed by atoms with van der Waals surface area (Å²) in [5.41, 5.74) is 4.52. The lowest BCUT2D eigenvalue weighted by Crippen LogP contribution is -2.49. The van der Waals surface area contributed by atoms with Crippen molar-refractivity contribution in [1.82, 2.24) is 15.1 Å². The van der Waals surface area contributed by atoms with E-state index in [1.165, 1.54) is 28.7 Å². The van der Waals surface area contributed by atoms with Crippen LogP contribution in [0.1, 0.15) is 19.4 Å². The van der Waals surface area contributed by atoms with Crippen LogP contribution in [0.4, 0.5) is 11.4 Å². The Morgan fingerprint density at radius 3 is 2.42 bits per heavy atom. The van der Waals surface area contributed by atoms with Crippen molar-refractivity contribution in [2.24, 2.45) is 0 Å². The Morgan fingerprint density at radius 2 is 1.76 bits per heavy atom. The van der Waals surface area contributed by atoms with Crippen LogP contribution in [-0.4, -0.2) is 66.0 Å². The lowest BCUT2D eigenvalue weighted by atomic mass is 10.2. The minimum absolute atomic E-state index is 0.104. The molecule has 0 saturated carbocycles. The summed E-state index contributed by atoms with van der Waals surface area (Å²) in [5.74, 6) is 0.877. The number of rotatable bonds is 8. The summed E-state index contributed by atoms with van der Waals surface area (Å²) in [6, 6.07) is 16.6. The molecule has 1 aliphatic rings. The van der Waals surface area contributed by atoms with Crippen LogP contribution < -0.4 is 9.80 Å². The standard InChI is InChI=1S/C25H31N5O2S/c1-4-28(5-2)21-11-9-20(10-12-21)24-26-27-25(32-24)33-18-23(31)30-15-13-29(14-16-30)22-8-6-7-19(3)17-22/h6-12,17H,4-5,13-16,18H2,1-3H3. The normalized spacial score (nSPS) is 13.9. The predicted molar refractivity (Wildman–Crippen MR) is 134 cm³/mol. The monoisotopic (exact) mass is 465 g/mol. The molecule has 0 unspecified atom stereocenters. The number of piperazine rings is 1. The molecule has 3 aromatic rings. The first-order valence-corrected chi connectivity index (χ1v) is 12.5. The third-order valence-corrected chi connectivity index (χ3v) is 6.77.